The lowest BCUT2D eigenvalue weighted by atomic mass is 10.1. The van der Waals surface area contributed by atoms with Gasteiger partial charge in [-0.2, -0.15) is 0 Å². The zero-order valence-corrected chi connectivity index (χ0v) is 15.0. The van der Waals surface area contributed by atoms with Gasteiger partial charge in [0, 0.05) is 32.5 Å². The molecule has 2 amide bonds. The molecule has 1 N–H and O–H groups in total. The van der Waals surface area contributed by atoms with E-state index in [1.165, 1.54) is 4.90 Å². The van der Waals surface area contributed by atoms with Gasteiger partial charge in [0.1, 0.15) is 0 Å². The molecule has 0 radical (unpaired) electrons. The molecule has 0 aromatic carbocycles. The van der Waals surface area contributed by atoms with Crippen molar-refractivity contribution < 1.29 is 24.2 Å². The van der Waals surface area contributed by atoms with E-state index >= 15 is 0 Å². The van der Waals surface area contributed by atoms with Gasteiger partial charge in [0.15, 0.2) is 6.10 Å². The zero-order chi connectivity index (χ0) is 18.1. The normalized spacial score (nSPS) is 20.7. The predicted molar refractivity (Wildman–Crippen MR) is 89.6 cm³/mol. The number of carbonyl (C=O) groups is 3. The SMILES string of the molecule is CCCN(CCC)C(=O)CCCC(=O)N1CC(C(=O)O)O[C@H](C)C1. The van der Waals surface area contributed by atoms with Gasteiger partial charge in [-0.25, -0.2) is 4.79 Å². The highest BCUT2D eigenvalue weighted by Gasteiger charge is 2.32. The second kappa shape index (κ2) is 10.3. The first kappa shape index (κ1) is 20.4. The third-order valence-electron chi connectivity index (χ3n) is 4.01. The second-order valence-corrected chi connectivity index (χ2v) is 6.31. The molecule has 7 nitrogen and oxygen atoms in total. The van der Waals surface area contributed by atoms with Crippen molar-refractivity contribution in [2.24, 2.45) is 0 Å². The molecule has 1 heterocycles. The molecule has 0 aliphatic carbocycles. The molecule has 0 spiro atoms. The molecule has 1 aliphatic rings. The first-order valence-electron chi connectivity index (χ1n) is 8.82. The number of morpholine rings is 1. The largest absolute Gasteiger partial charge is 0.479 e. The Morgan fingerprint density at radius 1 is 1.12 bits per heavy atom. The van der Waals surface area contributed by atoms with Gasteiger partial charge in [0.2, 0.25) is 11.8 Å². The number of hydrogen-bond acceptors (Lipinski definition) is 4. The van der Waals surface area contributed by atoms with Gasteiger partial charge in [0.25, 0.3) is 0 Å². The summed E-state index contributed by atoms with van der Waals surface area (Å²) in [5.74, 6) is -1.07. The number of ether oxygens (including phenoxy) is 1. The summed E-state index contributed by atoms with van der Waals surface area (Å²) in [4.78, 5) is 38.9. The van der Waals surface area contributed by atoms with Crippen molar-refractivity contribution in [3.8, 4) is 0 Å². The summed E-state index contributed by atoms with van der Waals surface area (Å²) in [6.45, 7) is 7.81. The molecular formula is C17H30N2O5. The lowest BCUT2D eigenvalue weighted by molar-refractivity contribution is -0.166. The van der Waals surface area contributed by atoms with Crippen molar-refractivity contribution in [1.29, 1.82) is 0 Å². The standard InChI is InChI=1S/C17H30N2O5/c1-4-9-18(10-5-2)15(20)7-6-8-16(21)19-11-13(3)24-14(12-19)17(22)23/h13-14H,4-12H2,1-3H3,(H,22,23)/t13-,14?/m1/s1. The van der Waals surface area contributed by atoms with E-state index in [2.05, 4.69) is 0 Å². The van der Waals surface area contributed by atoms with Crippen molar-refractivity contribution in [2.75, 3.05) is 26.2 Å². The van der Waals surface area contributed by atoms with Crippen LogP contribution in [0.5, 0.6) is 0 Å². The van der Waals surface area contributed by atoms with E-state index in [0.29, 0.717) is 19.4 Å². The summed E-state index contributed by atoms with van der Waals surface area (Å²) in [5, 5.41) is 9.05. The molecule has 1 unspecified atom stereocenters. The van der Waals surface area contributed by atoms with E-state index in [0.717, 1.165) is 25.9 Å². The van der Waals surface area contributed by atoms with Crippen LogP contribution in [0.1, 0.15) is 52.9 Å². The topological polar surface area (TPSA) is 87.2 Å². The predicted octanol–water partition coefficient (Wildman–Crippen LogP) is 1.51. The molecule has 0 saturated carbocycles. The highest BCUT2D eigenvalue weighted by Crippen LogP contribution is 2.14. The maximum Gasteiger partial charge on any atom is 0.334 e. The summed E-state index contributed by atoms with van der Waals surface area (Å²) in [5.41, 5.74) is 0. The minimum atomic E-state index is -1.05. The highest BCUT2D eigenvalue weighted by molar-refractivity contribution is 5.80. The van der Waals surface area contributed by atoms with Crippen LogP contribution in [0.15, 0.2) is 0 Å². The Morgan fingerprint density at radius 2 is 1.75 bits per heavy atom. The average Bonchev–Trinajstić information content (AvgIpc) is 2.53. The number of amides is 2. The third-order valence-corrected chi connectivity index (χ3v) is 4.01. The molecular weight excluding hydrogens is 312 g/mol. The number of aliphatic carboxylic acids is 1. The Hall–Kier alpha value is -1.63. The Morgan fingerprint density at radius 3 is 2.29 bits per heavy atom. The third kappa shape index (κ3) is 6.47. The van der Waals surface area contributed by atoms with Crippen molar-refractivity contribution >= 4 is 17.8 Å². The van der Waals surface area contributed by atoms with Gasteiger partial charge >= 0.3 is 5.97 Å². The van der Waals surface area contributed by atoms with E-state index in [4.69, 9.17) is 9.84 Å². The van der Waals surface area contributed by atoms with Crippen LogP contribution in [-0.2, 0) is 19.1 Å². The monoisotopic (exact) mass is 342 g/mol. The van der Waals surface area contributed by atoms with E-state index in [-0.39, 0.29) is 30.9 Å². The van der Waals surface area contributed by atoms with Crippen LogP contribution < -0.4 is 0 Å². The van der Waals surface area contributed by atoms with E-state index in [1.54, 1.807) is 6.92 Å². The van der Waals surface area contributed by atoms with Gasteiger partial charge in [0.05, 0.1) is 12.6 Å². The van der Waals surface area contributed by atoms with Crippen molar-refractivity contribution in [3.05, 3.63) is 0 Å². The highest BCUT2D eigenvalue weighted by atomic mass is 16.5. The summed E-state index contributed by atoms with van der Waals surface area (Å²) in [6, 6.07) is 0. The lowest BCUT2D eigenvalue weighted by Gasteiger charge is -2.35. The minimum Gasteiger partial charge on any atom is -0.479 e. The number of carboxylic acid groups (broad SMARTS) is 1. The van der Waals surface area contributed by atoms with Gasteiger partial charge in [-0.15, -0.1) is 0 Å². The molecule has 1 fully saturated rings. The van der Waals surface area contributed by atoms with E-state index in [9.17, 15) is 14.4 Å². The fourth-order valence-electron chi connectivity index (χ4n) is 2.90. The Kier molecular flexibility index (Phi) is 8.74. The summed E-state index contributed by atoms with van der Waals surface area (Å²) in [6.07, 6.45) is 1.69. The van der Waals surface area contributed by atoms with E-state index < -0.39 is 12.1 Å². The van der Waals surface area contributed by atoms with Crippen molar-refractivity contribution in [3.63, 3.8) is 0 Å². The molecule has 0 bridgehead atoms. The first-order valence-corrected chi connectivity index (χ1v) is 8.82. The van der Waals surface area contributed by atoms with Gasteiger partial charge < -0.3 is 19.6 Å². The molecule has 1 saturated heterocycles. The van der Waals surface area contributed by atoms with Crippen molar-refractivity contribution in [1.82, 2.24) is 9.80 Å². The van der Waals surface area contributed by atoms with E-state index in [1.807, 2.05) is 18.7 Å². The van der Waals surface area contributed by atoms with Crippen LogP contribution in [0.25, 0.3) is 0 Å². The number of carboxylic acids is 1. The Labute approximate surface area is 143 Å². The molecule has 24 heavy (non-hydrogen) atoms. The molecule has 0 aromatic heterocycles. The van der Waals surface area contributed by atoms with Crippen LogP contribution in [-0.4, -0.2) is 71.1 Å². The number of rotatable bonds is 9. The molecule has 1 aliphatic heterocycles. The smallest absolute Gasteiger partial charge is 0.334 e. The Bertz CT molecular complexity index is 435. The van der Waals surface area contributed by atoms with Crippen LogP contribution in [0, 0.1) is 0 Å². The summed E-state index contributed by atoms with van der Waals surface area (Å²) >= 11 is 0. The molecule has 7 heteroatoms. The molecule has 2 atom stereocenters. The molecule has 1 rings (SSSR count). The molecule has 0 aromatic rings. The van der Waals surface area contributed by atoms with Crippen LogP contribution in [0.3, 0.4) is 0 Å². The van der Waals surface area contributed by atoms with Crippen LogP contribution >= 0.6 is 0 Å². The summed E-state index contributed by atoms with van der Waals surface area (Å²) < 4.78 is 5.30. The van der Waals surface area contributed by atoms with Gasteiger partial charge in [-0.3, -0.25) is 9.59 Å². The fraction of sp³-hybridized carbons (Fsp3) is 0.824. The number of nitrogens with zero attached hydrogens (tertiary/aromatic N) is 2. The van der Waals surface area contributed by atoms with Crippen molar-refractivity contribution in [2.45, 2.75) is 65.1 Å². The summed E-state index contributed by atoms with van der Waals surface area (Å²) in [7, 11) is 0. The maximum atomic E-state index is 12.3. The second-order valence-electron chi connectivity index (χ2n) is 6.31. The number of carbonyl (C=O) groups excluding carboxylic acids is 2. The number of hydrogen-bond donors (Lipinski definition) is 1. The minimum absolute atomic E-state index is 0.0737. The van der Waals surface area contributed by atoms with Crippen LogP contribution in [0.4, 0.5) is 0 Å². The van der Waals surface area contributed by atoms with Gasteiger partial charge in [-0.05, 0) is 26.2 Å². The van der Waals surface area contributed by atoms with Crippen LogP contribution in [0.2, 0.25) is 0 Å². The fourth-order valence-corrected chi connectivity index (χ4v) is 2.90. The Balaban J connectivity index is 2.42. The molecule has 138 valence electrons. The maximum absolute atomic E-state index is 12.3. The average molecular weight is 342 g/mol. The zero-order valence-electron chi connectivity index (χ0n) is 15.0. The quantitative estimate of drug-likeness (QED) is 0.686. The van der Waals surface area contributed by atoms with Gasteiger partial charge in [-0.1, -0.05) is 13.8 Å². The first-order chi connectivity index (χ1) is 11.4. The lowest BCUT2D eigenvalue weighted by Crippen LogP contribution is -2.51.